The third kappa shape index (κ3) is 1.09. The lowest BCUT2D eigenvalue weighted by atomic mass is 9.57. The van der Waals surface area contributed by atoms with Crippen LogP contribution in [0.5, 0.6) is 0 Å². The summed E-state index contributed by atoms with van der Waals surface area (Å²) in [6, 6.07) is 0. The molecule has 0 heterocycles. The van der Waals surface area contributed by atoms with Gasteiger partial charge in [0.05, 0.1) is 6.61 Å². The molecule has 2 fully saturated rings. The van der Waals surface area contributed by atoms with Crippen LogP contribution < -0.4 is 5.73 Å². The summed E-state index contributed by atoms with van der Waals surface area (Å²) in [5, 5.41) is 8.96. The van der Waals surface area contributed by atoms with Crippen molar-refractivity contribution >= 4 is 0 Å². The highest BCUT2D eigenvalue weighted by molar-refractivity contribution is 5.08. The van der Waals surface area contributed by atoms with Crippen LogP contribution in [0.25, 0.3) is 0 Å². The molecule has 3 N–H and O–H groups in total. The van der Waals surface area contributed by atoms with Crippen molar-refractivity contribution in [3.63, 3.8) is 0 Å². The molecule has 0 bridgehead atoms. The van der Waals surface area contributed by atoms with Gasteiger partial charge >= 0.3 is 0 Å². The van der Waals surface area contributed by atoms with Gasteiger partial charge in [0.1, 0.15) is 0 Å². The van der Waals surface area contributed by atoms with Crippen molar-refractivity contribution in [3.8, 4) is 0 Å². The van der Waals surface area contributed by atoms with Crippen molar-refractivity contribution in [1.82, 2.24) is 0 Å². The lowest BCUT2D eigenvalue weighted by Gasteiger charge is -2.52. The zero-order valence-corrected chi connectivity index (χ0v) is 6.97. The maximum absolute atomic E-state index is 8.96. The van der Waals surface area contributed by atoms with Gasteiger partial charge in [-0.25, -0.2) is 0 Å². The first kappa shape index (κ1) is 7.56. The summed E-state index contributed by atoms with van der Waals surface area (Å²) in [6.45, 7) is 0.175. The van der Waals surface area contributed by atoms with Gasteiger partial charge in [0.15, 0.2) is 0 Å². The highest BCUT2D eigenvalue weighted by atomic mass is 16.3. The highest BCUT2D eigenvalue weighted by Gasteiger charge is 2.52. The fraction of sp³-hybridized carbons (Fsp3) is 1.00. The van der Waals surface area contributed by atoms with E-state index in [2.05, 4.69) is 0 Å². The highest BCUT2D eigenvalue weighted by Crippen LogP contribution is 2.56. The predicted molar refractivity (Wildman–Crippen MR) is 44.1 cm³/mol. The molecule has 0 saturated heterocycles. The predicted octanol–water partition coefficient (Wildman–Crippen LogP) is 1.03. The average Bonchev–Trinajstić information content (AvgIpc) is 2.35. The summed E-state index contributed by atoms with van der Waals surface area (Å²) < 4.78 is 0. The number of hydrogen-bond acceptors (Lipinski definition) is 2. The second kappa shape index (κ2) is 2.20. The minimum Gasteiger partial charge on any atom is -0.394 e. The molecule has 0 unspecified atom stereocenters. The zero-order valence-electron chi connectivity index (χ0n) is 6.97. The van der Waals surface area contributed by atoms with Crippen LogP contribution in [0.3, 0.4) is 0 Å². The van der Waals surface area contributed by atoms with E-state index in [9.17, 15) is 0 Å². The summed E-state index contributed by atoms with van der Waals surface area (Å²) in [4.78, 5) is 0. The Morgan fingerprint density at radius 3 is 2.18 bits per heavy atom. The quantitative estimate of drug-likeness (QED) is 0.594. The lowest BCUT2D eigenvalue weighted by Crippen LogP contribution is -2.59. The minimum absolute atomic E-state index is 0.175. The number of aliphatic hydroxyl groups is 1. The monoisotopic (exact) mass is 155 g/mol. The maximum Gasteiger partial charge on any atom is 0.0611 e. The zero-order chi connectivity index (χ0) is 7.95. The standard InChI is InChI=1S/C9H17NO/c10-9(7-11)5-8(6-9)3-1-2-4-8/h11H,1-7,10H2. The van der Waals surface area contributed by atoms with Crippen LogP contribution in [0.15, 0.2) is 0 Å². The number of hydrogen-bond donors (Lipinski definition) is 2. The fourth-order valence-electron chi connectivity index (χ4n) is 3.03. The molecule has 11 heavy (non-hydrogen) atoms. The second-order valence-corrected chi connectivity index (χ2v) is 4.58. The molecule has 2 aliphatic carbocycles. The van der Waals surface area contributed by atoms with E-state index < -0.39 is 0 Å². The smallest absolute Gasteiger partial charge is 0.0611 e. The van der Waals surface area contributed by atoms with Crippen LogP contribution in [0.1, 0.15) is 38.5 Å². The summed E-state index contributed by atoms with van der Waals surface area (Å²) in [5.41, 5.74) is 6.27. The lowest BCUT2D eigenvalue weighted by molar-refractivity contribution is -0.00463. The van der Waals surface area contributed by atoms with Crippen LogP contribution >= 0.6 is 0 Å². The van der Waals surface area contributed by atoms with Crippen molar-refractivity contribution in [2.75, 3.05) is 6.61 Å². The van der Waals surface area contributed by atoms with Crippen LogP contribution in [-0.4, -0.2) is 17.3 Å². The molecule has 2 nitrogen and oxygen atoms in total. The molecule has 0 aromatic rings. The molecule has 0 aromatic heterocycles. The SMILES string of the molecule is NC1(CO)CC2(CCCC2)C1. The normalized spacial score (nSPS) is 32.2. The van der Waals surface area contributed by atoms with Gasteiger partial charge in [-0.1, -0.05) is 12.8 Å². The molecule has 0 amide bonds. The molecule has 0 aliphatic heterocycles. The molecule has 2 saturated carbocycles. The van der Waals surface area contributed by atoms with Gasteiger partial charge in [-0.05, 0) is 31.1 Å². The van der Waals surface area contributed by atoms with Crippen molar-refractivity contribution in [2.24, 2.45) is 11.1 Å². The molecule has 2 aliphatic rings. The van der Waals surface area contributed by atoms with E-state index in [1.54, 1.807) is 0 Å². The molecule has 0 radical (unpaired) electrons. The van der Waals surface area contributed by atoms with E-state index in [1.807, 2.05) is 0 Å². The average molecular weight is 155 g/mol. The number of rotatable bonds is 1. The summed E-state index contributed by atoms with van der Waals surface area (Å²) in [7, 11) is 0. The van der Waals surface area contributed by atoms with Crippen molar-refractivity contribution < 1.29 is 5.11 Å². The summed E-state index contributed by atoms with van der Waals surface area (Å²) in [5.74, 6) is 0. The van der Waals surface area contributed by atoms with Crippen LogP contribution in [-0.2, 0) is 0 Å². The van der Waals surface area contributed by atoms with Gasteiger partial charge in [0.2, 0.25) is 0 Å². The maximum atomic E-state index is 8.96. The third-order valence-corrected chi connectivity index (χ3v) is 3.43. The van der Waals surface area contributed by atoms with Crippen molar-refractivity contribution in [3.05, 3.63) is 0 Å². The summed E-state index contributed by atoms with van der Waals surface area (Å²) >= 11 is 0. The Labute approximate surface area is 67.8 Å². The van der Waals surface area contributed by atoms with Crippen molar-refractivity contribution in [2.45, 2.75) is 44.1 Å². The first-order valence-corrected chi connectivity index (χ1v) is 4.58. The van der Waals surface area contributed by atoms with Crippen molar-refractivity contribution in [1.29, 1.82) is 0 Å². The van der Waals surface area contributed by atoms with Gasteiger partial charge in [0, 0.05) is 5.54 Å². The van der Waals surface area contributed by atoms with Gasteiger partial charge in [0.25, 0.3) is 0 Å². The minimum atomic E-state index is -0.204. The first-order chi connectivity index (χ1) is 5.18. The van der Waals surface area contributed by atoms with Gasteiger partial charge in [-0.3, -0.25) is 0 Å². The molecular weight excluding hydrogens is 138 g/mol. The molecule has 0 atom stereocenters. The Balaban J connectivity index is 1.95. The first-order valence-electron chi connectivity index (χ1n) is 4.58. The topological polar surface area (TPSA) is 46.2 Å². The third-order valence-electron chi connectivity index (χ3n) is 3.43. The van der Waals surface area contributed by atoms with E-state index in [0.29, 0.717) is 5.41 Å². The van der Waals surface area contributed by atoms with Gasteiger partial charge in [-0.15, -0.1) is 0 Å². The largest absolute Gasteiger partial charge is 0.394 e. The van der Waals surface area contributed by atoms with E-state index in [4.69, 9.17) is 10.8 Å². The Morgan fingerprint density at radius 2 is 1.73 bits per heavy atom. The van der Waals surface area contributed by atoms with Crippen LogP contribution in [0.4, 0.5) is 0 Å². The van der Waals surface area contributed by atoms with Gasteiger partial charge < -0.3 is 10.8 Å². The molecule has 2 heteroatoms. The Bertz CT molecular complexity index is 153. The van der Waals surface area contributed by atoms with Crippen LogP contribution in [0.2, 0.25) is 0 Å². The van der Waals surface area contributed by atoms with E-state index >= 15 is 0 Å². The number of aliphatic hydroxyl groups excluding tert-OH is 1. The Hall–Kier alpha value is -0.0800. The molecular formula is C9H17NO. The number of nitrogens with two attached hydrogens (primary N) is 1. The second-order valence-electron chi connectivity index (χ2n) is 4.58. The van der Waals surface area contributed by atoms with E-state index in [0.717, 1.165) is 12.8 Å². The van der Waals surface area contributed by atoms with Crippen LogP contribution in [0, 0.1) is 5.41 Å². The van der Waals surface area contributed by atoms with Gasteiger partial charge in [-0.2, -0.15) is 0 Å². The molecule has 64 valence electrons. The summed E-state index contributed by atoms with van der Waals surface area (Å²) in [6.07, 6.45) is 7.59. The molecule has 2 rings (SSSR count). The molecule has 0 aromatic carbocycles. The molecule has 1 spiro atoms. The Kier molecular flexibility index (Phi) is 1.52. The van der Waals surface area contributed by atoms with E-state index in [1.165, 1.54) is 25.7 Å². The Morgan fingerprint density at radius 1 is 1.18 bits per heavy atom. The fourth-order valence-corrected chi connectivity index (χ4v) is 3.03. The van der Waals surface area contributed by atoms with E-state index in [-0.39, 0.29) is 12.1 Å².